The topological polar surface area (TPSA) is 65.5 Å². The molecule has 1 aromatic carbocycles. The molecule has 2 aromatic heterocycles. The van der Waals surface area contributed by atoms with Crippen molar-refractivity contribution in [2.24, 2.45) is 10.2 Å². The van der Waals surface area contributed by atoms with Gasteiger partial charge in [0.1, 0.15) is 5.75 Å². The molecule has 0 saturated carbocycles. The number of nitrogens with zero attached hydrogens (tertiary/aromatic N) is 2. The molecule has 27 heavy (non-hydrogen) atoms. The summed E-state index contributed by atoms with van der Waals surface area (Å²) in [4.78, 5) is 6.94. The van der Waals surface area contributed by atoms with E-state index >= 15 is 0 Å². The van der Waals surface area contributed by atoms with E-state index in [-0.39, 0.29) is 5.41 Å². The largest absolute Gasteiger partial charge is 0.497 e. The zero-order valence-electron chi connectivity index (χ0n) is 16.3. The van der Waals surface area contributed by atoms with Gasteiger partial charge in [0, 0.05) is 17.6 Å². The van der Waals surface area contributed by atoms with Crippen LogP contribution in [0.2, 0.25) is 0 Å². The summed E-state index contributed by atoms with van der Waals surface area (Å²) in [5.74, 6) is 1.58. The van der Waals surface area contributed by atoms with E-state index in [1.807, 2.05) is 36.5 Å². The molecule has 5 nitrogen and oxygen atoms in total. The Hall–Kier alpha value is -2.82. The maximum atomic E-state index is 5.17. The number of methoxy groups -OCH3 is 1. The minimum absolute atomic E-state index is 0.0408. The number of benzene rings is 1. The summed E-state index contributed by atoms with van der Waals surface area (Å²) in [7, 11) is 1.65. The number of aromatic amines is 2. The van der Waals surface area contributed by atoms with E-state index < -0.39 is 0 Å². The fraction of sp³-hybridized carbons (Fsp3) is 0.364. The SMILES string of the molecule is CCCC(CCC)(c1ccc[nH]1)c1ccc(N=Nc2ccc(OC)cc2)[nH]1. The Morgan fingerprint density at radius 3 is 2.22 bits per heavy atom. The van der Waals surface area contributed by atoms with Gasteiger partial charge < -0.3 is 14.7 Å². The fourth-order valence-electron chi connectivity index (χ4n) is 3.77. The van der Waals surface area contributed by atoms with Crippen molar-refractivity contribution in [1.82, 2.24) is 9.97 Å². The Labute approximate surface area is 160 Å². The van der Waals surface area contributed by atoms with Gasteiger partial charge >= 0.3 is 0 Å². The summed E-state index contributed by atoms with van der Waals surface area (Å²) in [5.41, 5.74) is 3.20. The highest BCUT2D eigenvalue weighted by atomic mass is 16.5. The monoisotopic (exact) mass is 364 g/mol. The average molecular weight is 364 g/mol. The predicted octanol–water partition coefficient (Wildman–Crippen LogP) is 6.65. The highest BCUT2D eigenvalue weighted by molar-refractivity contribution is 5.43. The molecule has 0 radical (unpaired) electrons. The van der Waals surface area contributed by atoms with E-state index in [0.717, 1.165) is 42.9 Å². The molecule has 0 saturated heterocycles. The van der Waals surface area contributed by atoms with E-state index in [2.05, 4.69) is 52.2 Å². The smallest absolute Gasteiger partial charge is 0.152 e. The van der Waals surface area contributed by atoms with Crippen molar-refractivity contribution in [1.29, 1.82) is 0 Å². The number of ether oxygens (including phenoxy) is 1. The Bertz CT molecular complexity index is 841. The van der Waals surface area contributed by atoms with Crippen molar-refractivity contribution in [3.63, 3.8) is 0 Å². The van der Waals surface area contributed by atoms with Gasteiger partial charge in [0.25, 0.3) is 0 Å². The minimum Gasteiger partial charge on any atom is -0.497 e. The van der Waals surface area contributed by atoms with Crippen LogP contribution in [-0.4, -0.2) is 17.1 Å². The van der Waals surface area contributed by atoms with E-state index in [1.54, 1.807) is 7.11 Å². The van der Waals surface area contributed by atoms with Gasteiger partial charge in [0.05, 0.1) is 18.2 Å². The highest BCUT2D eigenvalue weighted by Gasteiger charge is 2.34. The Morgan fingerprint density at radius 2 is 1.63 bits per heavy atom. The molecule has 142 valence electrons. The fourth-order valence-corrected chi connectivity index (χ4v) is 3.77. The number of hydrogen-bond acceptors (Lipinski definition) is 3. The molecule has 0 aliphatic carbocycles. The lowest BCUT2D eigenvalue weighted by atomic mass is 9.74. The first kappa shape index (κ1) is 19.0. The summed E-state index contributed by atoms with van der Waals surface area (Å²) in [6.07, 6.45) is 6.39. The number of aromatic nitrogens is 2. The first-order chi connectivity index (χ1) is 13.2. The third kappa shape index (κ3) is 4.13. The van der Waals surface area contributed by atoms with Gasteiger partial charge in [0.15, 0.2) is 5.82 Å². The van der Waals surface area contributed by atoms with Crippen molar-refractivity contribution in [3.8, 4) is 5.75 Å². The van der Waals surface area contributed by atoms with Crippen LogP contribution in [0.25, 0.3) is 0 Å². The average Bonchev–Trinajstić information content (AvgIpc) is 3.39. The number of azo groups is 1. The maximum absolute atomic E-state index is 5.17. The molecule has 2 N–H and O–H groups in total. The van der Waals surface area contributed by atoms with E-state index in [4.69, 9.17) is 4.74 Å². The van der Waals surface area contributed by atoms with Gasteiger partial charge in [-0.15, -0.1) is 10.2 Å². The second-order valence-electron chi connectivity index (χ2n) is 6.82. The zero-order valence-corrected chi connectivity index (χ0v) is 16.3. The van der Waals surface area contributed by atoms with Crippen molar-refractivity contribution in [2.75, 3.05) is 7.11 Å². The molecular formula is C22H28N4O. The van der Waals surface area contributed by atoms with Crippen molar-refractivity contribution in [3.05, 3.63) is 66.1 Å². The lowest BCUT2D eigenvalue weighted by Gasteiger charge is -2.32. The lowest BCUT2D eigenvalue weighted by Crippen LogP contribution is -2.28. The Morgan fingerprint density at radius 1 is 0.889 bits per heavy atom. The van der Waals surface area contributed by atoms with Crippen LogP contribution in [0.4, 0.5) is 11.5 Å². The van der Waals surface area contributed by atoms with Crippen LogP contribution in [0, 0.1) is 0 Å². The Kier molecular flexibility index (Phi) is 6.12. The molecule has 0 atom stereocenters. The summed E-state index contributed by atoms with van der Waals surface area (Å²) in [6, 6.07) is 16.0. The van der Waals surface area contributed by atoms with Crippen molar-refractivity contribution in [2.45, 2.75) is 44.9 Å². The number of H-pyrrole nitrogens is 2. The van der Waals surface area contributed by atoms with Crippen LogP contribution in [-0.2, 0) is 5.41 Å². The second kappa shape index (κ2) is 8.71. The van der Waals surface area contributed by atoms with E-state index in [9.17, 15) is 0 Å². The van der Waals surface area contributed by atoms with Crippen LogP contribution in [0.3, 0.4) is 0 Å². The normalized spacial score (nSPS) is 12.0. The maximum Gasteiger partial charge on any atom is 0.152 e. The third-order valence-corrected chi connectivity index (χ3v) is 5.00. The number of hydrogen-bond donors (Lipinski definition) is 2. The Balaban J connectivity index is 1.87. The predicted molar refractivity (Wildman–Crippen MR) is 109 cm³/mol. The molecule has 0 aliphatic rings. The van der Waals surface area contributed by atoms with Gasteiger partial charge in [-0.25, -0.2) is 0 Å². The molecule has 0 spiro atoms. The molecule has 0 aliphatic heterocycles. The summed E-state index contributed by atoms with van der Waals surface area (Å²) < 4.78 is 5.17. The minimum atomic E-state index is -0.0408. The molecule has 0 unspecified atom stereocenters. The molecular weight excluding hydrogens is 336 g/mol. The standard InChI is InChI=1S/C22H28N4O/c1-4-14-22(15-5-2,19-7-6-16-23-19)20-12-13-21(24-20)26-25-17-8-10-18(27-3)11-9-17/h6-13,16,23-24H,4-5,14-15H2,1-3H3. The first-order valence-electron chi connectivity index (χ1n) is 9.61. The van der Waals surface area contributed by atoms with Crippen LogP contribution in [0.15, 0.2) is 65.0 Å². The van der Waals surface area contributed by atoms with Crippen LogP contribution in [0.1, 0.15) is 50.9 Å². The lowest BCUT2D eigenvalue weighted by molar-refractivity contribution is 0.408. The number of nitrogens with one attached hydrogen (secondary N) is 2. The highest BCUT2D eigenvalue weighted by Crippen LogP contribution is 2.40. The number of rotatable bonds is 9. The van der Waals surface area contributed by atoms with Crippen LogP contribution in [0.5, 0.6) is 5.75 Å². The molecule has 0 fully saturated rings. The van der Waals surface area contributed by atoms with Crippen molar-refractivity contribution < 1.29 is 4.74 Å². The van der Waals surface area contributed by atoms with Crippen LogP contribution < -0.4 is 4.74 Å². The molecule has 5 heteroatoms. The van der Waals surface area contributed by atoms with Gasteiger partial charge in [-0.3, -0.25) is 0 Å². The van der Waals surface area contributed by atoms with Gasteiger partial charge in [-0.1, -0.05) is 26.7 Å². The molecule has 2 heterocycles. The third-order valence-electron chi connectivity index (χ3n) is 5.00. The van der Waals surface area contributed by atoms with E-state index in [1.165, 1.54) is 11.4 Å². The van der Waals surface area contributed by atoms with Gasteiger partial charge in [-0.05, 0) is 61.4 Å². The molecule has 3 aromatic rings. The van der Waals surface area contributed by atoms with E-state index in [0.29, 0.717) is 0 Å². The van der Waals surface area contributed by atoms with Crippen LogP contribution >= 0.6 is 0 Å². The van der Waals surface area contributed by atoms with Gasteiger partial charge in [0.2, 0.25) is 0 Å². The first-order valence-corrected chi connectivity index (χ1v) is 9.61. The molecule has 0 amide bonds. The molecule has 3 rings (SSSR count). The van der Waals surface area contributed by atoms with Gasteiger partial charge in [-0.2, -0.15) is 0 Å². The summed E-state index contributed by atoms with van der Waals surface area (Å²) in [6.45, 7) is 4.47. The summed E-state index contributed by atoms with van der Waals surface area (Å²) >= 11 is 0. The molecule has 0 bridgehead atoms. The summed E-state index contributed by atoms with van der Waals surface area (Å²) in [5, 5.41) is 8.72. The quantitative estimate of drug-likeness (QED) is 0.410. The second-order valence-corrected chi connectivity index (χ2v) is 6.82. The van der Waals surface area contributed by atoms with Crippen molar-refractivity contribution >= 4 is 11.5 Å². The zero-order chi connectivity index (χ0) is 19.1.